The van der Waals surface area contributed by atoms with Gasteiger partial charge in [-0.3, -0.25) is 4.90 Å². The van der Waals surface area contributed by atoms with E-state index >= 15 is 0 Å². The average Bonchev–Trinajstić information content (AvgIpc) is 3.02. The number of nitrogens with two attached hydrogens (primary N) is 1. The Morgan fingerprint density at radius 1 is 0.810 bits per heavy atom. The predicted molar refractivity (Wildman–Crippen MR) is 164 cm³/mol. The molecule has 3 N–H and O–H groups in total. The largest absolute Gasteiger partial charge is 0.497 e. The van der Waals surface area contributed by atoms with Crippen molar-refractivity contribution in [3.63, 3.8) is 0 Å². The Morgan fingerprint density at radius 3 is 2.21 bits per heavy atom. The van der Waals surface area contributed by atoms with Crippen LogP contribution < -0.4 is 30.2 Å². The number of nitrogen functional groups attached to an aromatic ring is 1. The van der Waals surface area contributed by atoms with Gasteiger partial charge in [-0.05, 0) is 70.8 Å². The van der Waals surface area contributed by atoms with Crippen LogP contribution in [0.5, 0.6) is 17.2 Å². The number of ether oxygens (including phenoxy) is 4. The molecule has 0 unspecified atom stereocenters. The third-order valence-electron chi connectivity index (χ3n) is 6.40. The Labute approximate surface area is 245 Å². The lowest BCUT2D eigenvalue weighted by atomic mass is 10.0. The highest BCUT2D eigenvalue weighted by Crippen LogP contribution is 2.31. The Balaban J connectivity index is 1.68. The second kappa shape index (κ2) is 14.3. The number of rotatable bonds is 10. The van der Waals surface area contributed by atoms with Crippen LogP contribution >= 0.6 is 0 Å². The van der Waals surface area contributed by atoms with Crippen molar-refractivity contribution in [1.29, 1.82) is 0 Å². The molecule has 0 bridgehead atoms. The molecule has 0 atom stereocenters. The molecule has 0 saturated carbocycles. The lowest BCUT2D eigenvalue weighted by Crippen LogP contribution is -2.37. The van der Waals surface area contributed by atoms with Gasteiger partial charge < -0.3 is 30.0 Å². The van der Waals surface area contributed by atoms with Gasteiger partial charge in [0.15, 0.2) is 11.5 Å². The van der Waals surface area contributed by atoms with Gasteiger partial charge in [0.2, 0.25) is 0 Å². The number of carbonyl (C=O) groups excluding carboxylic acids is 2. The minimum Gasteiger partial charge on any atom is -0.497 e. The van der Waals surface area contributed by atoms with E-state index in [1.165, 1.54) is 4.90 Å². The molecule has 2 amide bonds. The number of nitrogens with one attached hydrogen (secondary N) is 1. The molecule has 0 fully saturated rings. The summed E-state index contributed by atoms with van der Waals surface area (Å²) < 4.78 is 21.4. The summed E-state index contributed by atoms with van der Waals surface area (Å²) in [5.41, 5.74) is 10.2. The molecule has 9 nitrogen and oxygen atoms in total. The van der Waals surface area contributed by atoms with Gasteiger partial charge in [-0.1, -0.05) is 54.6 Å². The Hall–Kier alpha value is -5.44. The molecule has 0 radical (unpaired) electrons. The Kier molecular flexibility index (Phi) is 10.0. The quantitative estimate of drug-likeness (QED) is 0.130. The number of benzene rings is 4. The zero-order valence-electron chi connectivity index (χ0n) is 23.7. The van der Waals surface area contributed by atoms with E-state index in [0.717, 1.165) is 22.3 Å². The normalized spacial score (nSPS) is 10.9. The van der Waals surface area contributed by atoms with Crippen LogP contribution in [0, 0.1) is 0 Å². The second-order valence-electron chi connectivity index (χ2n) is 9.19. The Morgan fingerprint density at radius 2 is 1.55 bits per heavy atom. The zero-order valence-corrected chi connectivity index (χ0v) is 23.7. The van der Waals surface area contributed by atoms with Crippen LogP contribution in [0.4, 0.5) is 21.0 Å². The summed E-state index contributed by atoms with van der Waals surface area (Å²) in [7, 11) is 4.73. The van der Waals surface area contributed by atoms with Crippen molar-refractivity contribution in [3.8, 4) is 17.2 Å². The van der Waals surface area contributed by atoms with Crippen molar-refractivity contribution in [3.05, 3.63) is 114 Å². The molecule has 4 rings (SSSR count). The molecular weight excluding hydrogens is 534 g/mol. The molecule has 0 heterocycles. The number of methoxy groups -OCH3 is 3. The van der Waals surface area contributed by atoms with E-state index in [-0.39, 0.29) is 13.1 Å². The average molecular weight is 568 g/mol. The van der Waals surface area contributed by atoms with Crippen LogP contribution in [0.3, 0.4) is 0 Å². The van der Waals surface area contributed by atoms with Crippen LogP contribution in [0.25, 0.3) is 11.6 Å². The first kappa shape index (κ1) is 29.5. The highest BCUT2D eigenvalue weighted by Gasteiger charge is 2.23. The first-order valence-corrected chi connectivity index (χ1v) is 13.1. The van der Waals surface area contributed by atoms with Crippen molar-refractivity contribution >= 4 is 35.2 Å². The van der Waals surface area contributed by atoms with Gasteiger partial charge in [0.25, 0.3) is 0 Å². The van der Waals surface area contributed by atoms with Gasteiger partial charge in [0.1, 0.15) is 5.75 Å². The van der Waals surface area contributed by atoms with Crippen molar-refractivity contribution in [2.75, 3.05) is 38.5 Å². The van der Waals surface area contributed by atoms with E-state index in [1.807, 2.05) is 72.8 Å². The van der Waals surface area contributed by atoms with E-state index in [9.17, 15) is 9.59 Å². The van der Waals surface area contributed by atoms with Crippen LogP contribution in [0.2, 0.25) is 0 Å². The fraction of sp³-hybridized carbons (Fsp3) is 0.152. The minimum atomic E-state index is -0.868. The molecule has 0 aromatic heterocycles. The highest BCUT2D eigenvalue weighted by molar-refractivity contribution is 5.98. The summed E-state index contributed by atoms with van der Waals surface area (Å²) in [5, 5.41) is 2.62. The minimum absolute atomic E-state index is 0.0505. The van der Waals surface area contributed by atoms with E-state index < -0.39 is 12.2 Å². The van der Waals surface area contributed by atoms with Crippen LogP contribution in [0.15, 0.2) is 97.1 Å². The van der Waals surface area contributed by atoms with Crippen molar-refractivity contribution in [1.82, 2.24) is 5.32 Å². The fourth-order valence-corrected chi connectivity index (χ4v) is 4.23. The smallest absolute Gasteiger partial charge is 0.423 e. The fourth-order valence-electron chi connectivity index (χ4n) is 4.23. The van der Waals surface area contributed by atoms with Crippen molar-refractivity contribution in [2.45, 2.75) is 6.54 Å². The molecule has 0 spiro atoms. The van der Waals surface area contributed by atoms with Gasteiger partial charge in [-0.15, -0.1) is 0 Å². The molecule has 0 aliphatic carbocycles. The summed E-state index contributed by atoms with van der Waals surface area (Å²) in [6.07, 6.45) is 0.191. The number of hydrogen-bond acceptors (Lipinski definition) is 7. The van der Waals surface area contributed by atoms with E-state index in [1.54, 1.807) is 51.7 Å². The van der Waals surface area contributed by atoms with Crippen LogP contribution in [0.1, 0.15) is 16.7 Å². The molecule has 0 aliphatic rings. The van der Waals surface area contributed by atoms with Crippen LogP contribution in [-0.2, 0) is 11.3 Å². The monoisotopic (exact) mass is 567 g/mol. The summed E-state index contributed by atoms with van der Waals surface area (Å²) in [5.74, 6) is 1.83. The lowest BCUT2D eigenvalue weighted by Gasteiger charge is -2.24. The molecule has 0 saturated heterocycles. The van der Waals surface area contributed by atoms with Gasteiger partial charge in [0.05, 0.1) is 27.9 Å². The lowest BCUT2D eigenvalue weighted by molar-refractivity contribution is 0.155. The van der Waals surface area contributed by atoms with E-state index in [4.69, 9.17) is 24.7 Å². The summed E-state index contributed by atoms with van der Waals surface area (Å²) in [6, 6.07) is 29.1. The molecular formula is C33H33N3O6. The number of amides is 2. The van der Waals surface area contributed by atoms with Gasteiger partial charge in [-0.25, -0.2) is 9.59 Å². The van der Waals surface area contributed by atoms with Crippen molar-refractivity contribution < 1.29 is 28.5 Å². The molecule has 4 aromatic carbocycles. The first-order valence-electron chi connectivity index (χ1n) is 13.1. The highest BCUT2D eigenvalue weighted by atomic mass is 16.6. The van der Waals surface area contributed by atoms with Gasteiger partial charge >= 0.3 is 12.2 Å². The third kappa shape index (κ3) is 7.82. The number of carbonyl (C=O) groups is 2. The second-order valence-corrected chi connectivity index (χ2v) is 9.19. The zero-order chi connectivity index (χ0) is 29.9. The maximum absolute atomic E-state index is 13.5. The van der Waals surface area contributed by atoms with Gasteiger partial charge in [-0.2, -0.15) is 0 Å². The Bertz CT molecular complexity index is 1540. The molecule has 42 heavy (non-hydrogen) atoms. The standard InChI is InChI=1S/C33H33N3O6/c1-39-29-15-13-25(14-16-29)26(18-24-12-17-30(40-2)31(19-24)41-3)22-36(28-11-7-10-27(34)20-28)33(38)42-32(37)35-21-23-8-5-4-6-9-23/h4-20H,21-22,34H2,1-3H3,(H,35,37). The maximum Gasteiger partial charge on any atom is 0.423 e. The molecule has 0 aliphatic heterocycles. The predicted octanol–water partition coefficient (Wildman–Crippen LogP) is 6.39. The molecule has 9 heteroatoms. The SMILES string of the molecule is COc1ccc(C(=Cc2ccc(OC)c(OC)c2)CN(C(=O)OC(=O)NCc2ccccc2)c2cccc(N)c2)cc1. The summed E-state index contributed by atoms with van der Waals surface area (Å²) in [4.78, 5) is 27.5. The van der Waals surface area contributed by atoms with Crippen LogP contribution in [-0.4, -0.2) is 40.1 Å². The van der Waals surface area contributed by atoms with Crippen molar-refractivity contribution in [2.24, 2.45) is 0 Å². The van der Waals surface area contributed by atoms with E-state index in [2.05, 4.69) is 5.32 Å². The number of alkyl carbamates (subject to hydrolysis) is 1. The van der Waals surface area contributed by atoms with Gasteiger partial charge in [0, 0.05) is 17.9 Å². The number of anilines is 2. The topological polar surface area (TPSA) is 112 Å². The number of hydrogen-bond donors (Lipinski definition) is 2. The first-order chi connectivity index (χ1) is 20.4. The summed E-state index contributed by atoms with van der Waals surface area (Å²) in [6.45, 7) is 0.260. The molecule has 4 aromatic rings. The maximum atomic E-state index is 13.5. The molecule has 216 valence electrons. The third-order valence-corrected chi connectivity index (χ3v) is 6.40. The number of nitrogens with zero attached hydrogens (tertiary/aromatic N) is 1. The van der Waals surface area contributed by atoms with E-state index in [0.29, 0.717) is 28.6 Å². The summed E-state index contributed by atoms with van der Waals surface area (Å²) >= 11 is 0.